The minimum atomic E-state index is -2.58. The number of benzene rings is 2. The van der Waals surface area contributed by atoms with Crippen LogP contribution in [-0.2, 0) is 29.6 Å². The number of fused-ring (bicyclic) bond motifs is 1. The van der Waals surface area contributed by atoms with Crippen LogP contribution in [0.3, 0.4) is 0 Å². The number of piperidine rings is 1. The first-order chi connectivity index (χ1) is 17.7. The maximum atomic E-state index is 13.5. The summed E-state index contributed by atoms with van der Waals surface area (Å²) in [6.45, 7) is 0.270. The van der Waals surface area contributed by atoms with Crippen molar-refractivity contribution in [3.63, 3.8) is 0 Å². The standard InChI is InChI=1S/C28H26F2N4O3/c1-33-22(11-16-13-28(29,30)14-16)31-24(25(33)17-5-3-2-4-6-17)18-7-8-20-19(12-18)15-34(27(20)37)21-9-10-23(35)32-26(21)36/h2-8,12,16,21H,9-11,13-15H2,1H3,(H,32,35,36). The summed E-state index contributed by atoms with van der Waals surface area (Å²) in [6, 6.07) is 14.6. The Balaban J connectivity index is 1.35. The second-order valence-electron chi connectivity index (χ2n) is 10.3. The van der Waals surface area contributed by atoms with Gasteiger partial charge in [0.2, 0.25) is 17.7 Å². The number of rotatable bonds is 5. The third-order valence-corrected chi connectivity index (χ3v) is 7.68. The predicted molar refractivity (Wildman–Crippen MR) is 132 cm³/mol. The molecule has 0 spiro atoms. The molecule has 7 nitrogen and oxygen atoms in total. The molecule has 1 saturated heterocycles. The summed E-state index contributed by atoms with van der Waals surface area (Å²) in [5, 5.41) is 2.32. The number of aromatic nitrogens is 2. The highest BCUT2D eigenvalue weighted by Crippen LogP contribution is 2.44. The van der Waals surface area contributed by atoms with Crippen molar-refractivity contribution in [3.8, 4) is 22.5 Å². The fourth-order valence-electron chi connectivity index (χ4n) is 5.76. The minimum absolute atomic E-state index is 0.104. The van der Waals surface area contributed by atoms with Gasteiger partial charge in [-0.3, -0.25) is 19.7 Å². The van der Waals surface area contributed by atoms with Crippen LogP contribution < -0.4 is 5.32 Å². The predicted octanol–water partition coefficient (Wildman–Crippen LogP) is 4.10. The quantitative estimate of drug-likeness (QED) is 0.531. The largest absolute Gasteiger partial charge is 0.331 e. The summed E-state index contributed by atoms with van der Waals surface area (Å²) in [5.74, 6) is -2.94. The molecule has 2 aromatic carbocycles. The van der Waals surface area contributed by atoms with Gasteiger partial charge in [-0.1, -0.05) is 36.4 Å². The van der Waals surface area contributed by atoms with Gasteiger partial charge in [0.25, 0.3) is 5.91 Å². The third kappa shape index (κ3) is 4.12. The number of halogens is 2. The van der Waals surface area contributed by atoms with Crippen LogP contribution in [0, 0.1) is 5.92 Å². The minimum Gasteiger partial charge on any atom is -0.331 e. The Morgan fingerprint density at radius 2 is 1.81 bits per heavy atom. The molecule has 1 saturated carbocycles. The van der Waals surface area contributed by atoms with Crippen molar-refractivity contribution in [1.29, 1.82) is 0 Å². The Morgan fingerprint density at radius 3 is 2.51 bits per heavy atom. The summed E-state index contributed by atoms with van der Waals surface area (Å²) in [6.07, 6.45) is 0.740. The molecule has 190 valence electrons. The van der Waals surface area contributed by atoms with E-state index < -0.39 is 17.9 Å². The molecule has 3 heterocycles. The van der Waals surface area contributed by atoms with E-state index in [1.807, 2.05) is 54.1 Å². The van der Waals surface area contributed by atoms with Crippen LogP contribution in [0.4, 0.5) is 8.78 Å². The zero-order chi connectivity index (χ0) is 25.9. The molecule has 0 radical (unpaired) electrons. The number of nitrogens with one attached hydrogen (secondary N) is 1. The van der Waals surface area contributed by atoms with Gasteiger partial charge in [0.05, 0.1) is 11.4 Å². The van der Waals surface area contributed by atoms with Crippen molar-refractivity contribution in [3.05, 3.63) is 65.5 Å². The van der Waals surface area contributed by atoms with E-state index in [-0.39, 0.29) is 43.5 Å². The van der Waals surface area contributed by atoms with Gasteiger partial charge in [-0.15, -0.1) is 0 Å². The lowest BCUT2D eigenvalue weighted by atomic mass is 9.79. The van der Waals surface area contributed by atoms with E-state index in [2.05, 4.69) is 5.32 Å². The van der Waals surface area contributed by atoms with E-state index >= 15 is 0 Å². The monoisotopic (exact) mass is 504 g/mol. The summed E-state index contributed by atoms with van der Waals surface area (Å²) in [5.41, 5.74) is 4.70. The maximum Gasteiger partial charge on any atom is 0.255 e. The van der Waals surface area contributed by atoms with E-state index in [4.69, 9.17) is 4.98 Å². The zero-order valence-electron chi connectivity index (χ0n) is 20.3. The Morgan fingerprint density at radius 1 is 1.05 bits per heavy atom. The second-order valence-corrected chi connectivity index (χ2v) is 10.3. The molecule has 1 unspecified atom stereocenters. The number of imide groups is 1. The Labute approximate surface area is 212 Å². The van der Waals surface area contributed by atoms with E-state index in [1.54, 1.807) is 6.07 Å². The van der Waals surface area contributed by atoms with E-state index in [9.17, 15) is 23.2 Å². The van der Waals surface area contributed by atoms with Gasteiger partial charge in [0, 0.05) is 56.0 Å². The zero-order valence-corrected chi connectivity index (χ0v) is 20.3. The molecule has 1 aromatic heterocycles. The molecule has 3 amide bonds. The normalized spacial score (nSPS) is 21.1. The number of carbonyl (C=O) groups excluding carboxylic acids is 3. The molecular weight excluding hydrogens is 478 g/mol. The third-order valence-electron chi connectivity index (χ3n) is 7.68. The lowest BCUT2D eigenvalue weighted by molar-refractivity contribution is -0.136. The fraction of sp³-hybridized carbons (Fsp3) is 0.357. The van der Waals surface area contributed by atoms with Crippen LogP contribution in [0.5, 0.6) is 0 Å². The molecule has 1 N–H and O–H groups in total. The second kappa shape index (κ2) is 8.61. The molecule has 1 atom stereocenters. The van der Waals surface area contributed by atoms with Crippen LogP contribution in [0.2, 0.25) is 0 Å². The first kappa shape index (κ1) is 23.5. The number of hydrogen-bond donors (Lipinski definition) is 1. The van der Waals surface area contributed by atoms with Gasteiger partial charge in [-0.2, -0.15) is 0 Å². The molecule has 3 aromatic rings. The van der Waals surface area contributed by atoms with Crippen LogP contribution >= 0.6 is 0 Å². The van der Waals surface area contributed by atoms with E-state index in [1.165, 1.54) is 4.90 Å². The SMILES string of the molecule is Cn1c(CC2CC(F)(F)C2)nc(-c2ccc3c(c2)CN(C2CCC(=O)NC2=O)C3=O)c1-c1ccccc1. The number of amides is 3. The molecule has 0 bridgehead atoms. The fourth-order valence-corrected chi connectivity index (χ4v) is 5.76. The highest BCUT2D eigenvalue weighted by atomic mass is 19.3. The van der Waals surface area contributed by atoms with Crippen LogP contribution in [0.25, 0.3) is 22.5 Å². The number of carbonyl (C=O) groups is 3. The number of hydrogen-bond acceptors (Lipinski definition) is 4. The lowest BCUT2D eigenvalue weighted by Gasteiger charge is -2.34. The molecule has 2 aliphatic heterocycles. The molecule has 37 heavy (non-hydrogen) atoms. The average Bonchev–Trinajstić information content (AvgIpc) is 3.35. The highest BCUT2D eigenvalue weighted by molar-refractivity contribution is 6.05. The van der Waals surface area contributed by atoms with E-state index in [0.717, 1.165) is 33.9 Å². The van der Waals surface area contributed by atoms with Gasteiger partial charge < -0.3 is 9.47 Å². The van der Waals surface area contributed by atoms with Crippen molar-refractivity contribution in [2.45, 2.75) is 50.6 Å². The molecular formula is C28H26F2N4O3. The first-order valence-electron chi connectivity index (χ1n) is 12.5. The van der Waals surface area contributed by atoms with Crippen molar-refractivity contribution in [2.75, 3.05) is 0 Å². The van der Waals surface area contributed by atoms with Crippen molar-refractivity contribution in [2.24, 2.45) is 13.0 Å². The molecule has 9 heteroatoms. The first-order valence-corrected chi connectivity index (χ1v) is 12.5. The summed E-state index contributed by atoms with van der Waals surface area (Å²) < 4.78 is 28.9. The molecule has 1 aliphatic carbocycles. The van der Waals surface area contributed by atoms with Crippen molar-refractivity contribution in [1.82, 2.24) is 19.8 Å². The van der Waals surface area contributed by atoms with Gasteiger partial charge >= 0.3 is 0 Å². The molecule has 6 rings (SSSR count). The van der Waals surface area contributed by atoms with Crippen LogP contribution in [-0.4, -0.2) is 44.1 Å². The Hall–Kier alpha value is -3.88. The maximum absolute atomic E-state index is 13.5. The van der Waals surface area contributed by atoms with Gasteiger partial charge in [-0.25, -0.2) is 13.8 Å². The van der Waals surface area contributed by atoms with E-state index in [0.29, 0.717) is 18.4 Å². The summed E-state index contributed by atoms with van der Waals surface area (Å²) in [7, 11) is 1.91. The smallest absolute Gasteiger partial charge is 0.255 e. The van der Waals surface area contributed by atoms with Gasteiger partial charge in [0.15, 0.2) is 0 Å². The summed E-state index contributed by atoms with van der Waals surface area (Å²) >= 11 is 0. The number of alkyl halides is 2. The molecule has 2 fully saturated rings. The topological polar surface area (TPSA) is 84.3 Å². The van der Waals surface area contributed by atoms with Crippen LogP contribution in [0.15, 0.2) is 48.5 Å². The van der Waals surface area contributed by atoms with Crippen LogP contribution in [0.1, 0.15) is 47.4 Å². The number of imidazole rings is 1. The average molecular weight is 505 g/mol. The molecule has 3 aliphatic rings. The Bertz CT molecular complexity index is 1420. The van der Waals surface area contributed by atoms with Gasteiger partial charge in [0.1, 0.15) is 11.9 Å². The van der Waals surface area contributed by atoms with Crippen molar-refractivity contribution >= 4 is 17.7 Å². The number of nitrogens with zero attached hydrogens (tertiary/aromatic N) is 3. The Kier molecular flexibility index (Phi) is 5.47. The van der Waals surface area contributed by atoms with Crippen molar-refractivity contribution < 1.29 is 23.2 Å². The summed E-state index contributed by atoms with van der Waals surface area (Å²) in [4.78, 5) is 43.5. The lowest BCUT2D eigenvalue weighted by Crippen LogP contribution is -2.52. The van der Waals surface area contributed by atoms with Gasteiger partial charge in [-0.05, 0) is 30.0 Å². The highest BCUT2D eigenvalue weighted by Gasteiger charge is 2.45.